The summed E-state index contributed by atoms with van der Waals surface area (Å²) in [4.78, 5) is 9.34. The molecule has 0 aliphatic carbocycles. The smallest absolute Gasteiger partial charge is 0.0845 e. The molecule has 0 radical (unpaired) electrons. The van der Waals surface area contributed by atoms with Crippen molar-refractivity contribution in [1.82, 2.24) is 0 Å². The van der Waals surface area contributed by atoms with Crippen LogP contribution in [0.3, 0.4) is 0 Å². The van der Waals surface area contributed by atoms with E-state index in [9.17, 15) is 0 Å². The second-order valence-electron chi connectivity index (χ2n) is 8.46. The van der Waals surface area contributed by atoms with Crippen molar-refractivity contribution in [2.45, 2.75) is 55.4 Å². The summed E-state index contributed by atoms with van der Waals surface area (Å²) in [6.07, 6.45) is 8.69. The van der Waals surface area contributed by atoms with Gasteiger partial charge in [-0.05, 0) is 23.0 Å². The Balaban J connectivity index is 2.42. The number of aliphatic imine (C=N–C) groups is 2. The molecule has 20 heavy (non-hydrogen) atoms. The molecule has 2 aliphatic heterocycles. The van der Waals surface area contributed by atoms with Crippen LogP contribution in [0.5, 0.6) is 0 Å². The third-order valence-electron chi connectivity index (χ3n) is 5.63. The van der Waals surface area contributed by atoms with Gasteiger partial charge in [-0.2, -0.15) is 0 Å². The minimum Gasteiger partial charge on any atom is -0.259 e. The maximum atomic E-state index is 4.67. The second kappa shape index (κ2) is 4.16. The average Bonchev–Trinajstić information content (AvgIpc) is 2.26. The average molecular weight is 272 g/mol. The fraction of sp³-hybridized carbons (Fsp3) is 0.667. The Morgan fingerprint density at radius 1 is 0.550 bits per heavy atom. The first-order valence-electron chi connectivity index (χ1n) is 7.45. The van der Waals surface area contributed by atoms with E-state index < -0.39 is 0 Å². The quantitative estimate of drug-likeness (QED) is 0.639. The van der Waals surface area contributed by atoms with Crippen LogP contribution in [0.2, 0.25) is 0 Å². The van der Waals surface area contributed by atoms with Crippen molar-refractivity contribution in [1.29, 1.82) is 0 Å². The van der Waals surface area contributed by atoms with E-state index in [0.29, 0.717) is 0 Å². The highest BCUT2D eigenvalue weighted by Crippen LogP contribution is 2.46. The van der Waals surface area contributed by atoms with Gasteiger partial charge in [0.05, 0.1) is 11.4 Å². The van der Waals surface area contributed by atoms with Crippen molar-refractivity contribution in [3.05, 3.63) is 23.5 Å². The minimum absolute atomic E-state index is 0.0736. The van der Waals surface area contributed by atoms with Gasteiger partial charge in [0.1, 0.15) is 0 Å². The Kier molecular flexibility index (Phi) is 3.16. The molecule has 110 valence electrons. The molecule has 0 bridgehead atoms. The van der Waals surface area contributed by atoms with Crippen LogP contribution >= 0.6 is 0 Å². The third-order valence-corrected chi connectivity index (χ3v) is 5.63. The fourth-order valence-corrected chi connectivity index (χ4v) is 2.20. The highest BCUT2D eigenvalue weighted by Gasteiger charge is 2.40. The Bertz CT molecular complexity index is 488. The molecule has 0 atom stereocenters. The first-order valence-corrected chi connectivity index (χ1v) is 7.45. The fourth-order valence-electron chi connectivity index (χ4n) is 2.20. The monoisotopic (exact) mass is 272 g/mol. The summed E-state index contributed by atoms with van der Waals surface area (Å²) >= 11 is 0. The third kappa shape index (κ3) is 2.30. The molecular weight excluding hydrogens is 244 g/mol. The Morgan fingerprint density at radius 2 is 0.850 bits per heavy atom. The molecule has 2 rings (SSSR count). The van der Waals surface area contributed by atoms with Crippen LogP contribution in [0.4, 0.5) is 0 Å². The summed E-state index contributed by atoms with van der Waals surface area (Å²) in [6.45, 7) is 18.0. The lowest BCUT2D eigenvalue weighted by Crippen LogP contribution is -2.36. The van der Waals surface area contributed by atoms with Crippen LogP contribution in [-0.2, 0) is 0 Å². The molecule has 2 aliphatic rings. The SMILES string of the molecule is CC1(C)C=NC(C2=CC(C)(C)C(C)(C)C=N2)=CC1(C)C. The van der Waals surface area contributed by atoms with Gasteiger partial charge in [0.25, 0.3) is 0 Å². The molecular formula is C18H28N2. The summed E-state index contributed by atoms with van der Waals surface area (Å²) in [6, 6.07) is 0. The van der Waals surface area contributed by atoms with Crippen molar-refractivity contribution in [3.8, 4) is 0 Å². The summed E-state index contributed by atoms with van der Waals surface area (Å²) < 4.78 is 0. The molecule has 0 aromatic heterocycles. The maximum Gasteiger partial charge on any atom is 0.0845 e. The maximum absolute atomic E-state index is 4.67. The first-order chi connectivity index (χ1) is 8.88. The summed E-state index contributed by atoms with van der Waals surface area (Å²) in [5.41, 5.74) is 2.33. The van der Waals surface area contributed by atoms with Crippen molar-refractivity contribution in [2.24, 2.45) is 31.6 Å². The van der Waals surface area contributed by atoms with E-state index in [2.05, 4.69) is 90.0 Å². The van der Waals surface area contributed by atoms with Crippen molar-refractivity contribution < 1.29 is 0 Å². The van der Waals surface area contributed by atoms with Gasteiger partial charge in [0.2, 0.25) is 0 Å². The number of hydrogen-bond acceptors (Lipinski definition) is 2. The number of allylic oxidation sites excluding steroid dienone is 2. The highest BCUT2D eigenvalue weighted by atomic mass is 14.9. The lowest BCUT2D eigenvalue weighted by molar-refractivity contribution is 0.254. The van der Waals surface area contributed by atoms with E-state index in [0.717, 1.165) is 11.4 Å². The van der Waals surface area contributed by atoms with Crippen LogP contribution in [0.25, 0.3) is 0 Å². The molecule has 2 heteroatoms. The van der Waals surface area contributed by atoms with Gasteiger partial charge in [-0.1, -0.05) is 55.4 Å². The van der Waals surface area contributed by atoms with Gasteiger partial charge >= 0.3 is 0 Å². The van der Waals surface area contributed by atoms with E-state index >= 15 is 0 Å². The molecule has 0 fully saturated rings. The zero-order chi connectivity index (χ0) is 15.4. The molecule has 2 heterocycles. The van der Waals surface area contributed by atoms with E-state index in [1.54, 1.807) is 0 Å². The number of nitrogens with zero attached hydrogens (tertiary/aromatic N) is 2. The molecule has 0 N–H and O–H groups in total. The van der Waals surface area contributed by atoms with E-state index in [-0.39, 0.29) is 21.7 Å². The molecule has 0 aromatic rings. The Hall–Kier alpha value is -1.18. The van der Waals surface area contributed by atoms with Gasteiger partial charge in [-0.15, -0.1) is 0 Å². The van der Waals surface area contributed by atoms with Gasteiger partial charge in [0, 0.05) is 23.3 Å². The normalized spacial score (nSPS) is 28.8. The zero-order valence-corrected chi connectivity index (χ0v) is 14.2. The molecule has 0 unspecified atom stereocenters. The van der Waals surface area contributed by atoms with Crippen LogP contribution < -0.4 is 0 Å². The van der Waals surface area contributed by atoms with Crippen LogP contribution in [0.1, 0.15) is 55.4 Å². The predicted molar refractivity (Wildman–Crippen MR) is 88.3 cm³/mol. The highest BCUT2D eigenvalue weighted by molar-refractivity contribution is 5.74. The van der Waals surface area contributed by atoms with Gasteiger partial charge < -0.3 is 0 Å². The Labute approximate surface area is 123 Å². The largest absolute Gasteiger partial charge is 0.259 e. The van der Waals surface area contributed by atoms with Crippen molar-refractivity contribution in [2.75, 3.05) is 0 Å². The van der Waals surface area contributed by atoms with E-state index in [1.165, 1.54) is 0 Å². The standard InChI is InChI=1S/C18H28N2/c1-15(2)9-13(19-11-17(15,5)6)14-10-16(3,4)18(7,8)12-20-14/h9-12H,1-8H3. The van der Waals surface area contributed by atoms with Crippen molar-refractivity contribution >= 4 is 12.4 Å². The van der Waals surface area contributed by atoms with Crippen molar-refractivity contribution in [3.63, 3.8) is 0 Å². The summed E-state index contributed by atoms with van der Waals surface area (Å²) in [7, 11) is 0. The van der Waals surface area contributed by atoms with Crippen LogP contribution in [0, 0.1) is 21.7 Å². The van der Waals surface area contributed by atoms with Gasteiger partial charge in [-0.3, -0.25) is 9.98 Å². The lowest BCUT2D eigenvalue weighted by atomic mass is 9.65. The van der Waals surface area contributed by atoms with Crippen LogP contribution in [-0.4, -0.2) is 12.4 Å². The number of hydrogen-bond donors (Lipinski definition) is 0. The van der Waals surface area contributed by atoms with Gasteiger partial charge in [-0.25, -0.2) is 0 Å². The predicted octanol–water partition coefficient (Wildman–Crippen LogP) is 5.03. The minimum atomic E-state index is 0.0736. The molecule has 2 nitrogen and oxygen atoms in total. The van der Waals surface area contributed by atoms with Crippen LogP contribution in [0.15, 0.2) is 33.5 Å². The molecule has 0 aromatic carbocycles. The molecule has 0 saturated heterocycles. The topological polar surface area (TPSA) is 24.7 Å². The molecule has 0 spiro atoms. The van der Waals surface area contributed by atoms with E-state index in [1.807, 2.05) is 0 Å². The first kappa shape index (κ1) is 15.2. The molecule has 0 amide bonds. The summed E-state index contributed by atoms with van der Waals surface area (Å²) in [5, 5.41) is 0. The molecule has 0 saturated carbocycles. The van der Waals surface area contributed by atoms with E-state index in [4.69, 9.17) is 0 Å². The lowest BCUT2D eigenvalue weighted by Gasteiger charge is -2.41. The summed E-state index contributed by atoms with van der Waals surface area (Å²) in [5.74, 6) is 0. The Morgan fingerprint density at radius 3 is 1.10 bits per heavy atom. The number of rotatable bonds is 1. The van der Waals surface area contributed by atoms with Gasteiger partial charge in [0.15, 0.2) is 0 Å². The second-order valence-corrected chi connectivity index (χ2v) is 8.46. The zero-order valence-electron chi connectivity index (χ0n) is 14.2.